The highest BCUT2D eigenvalue weighted by molar-refractivity contribution is 5.94. The van der Waals surface area contributed by atoms with Crippen molar-refractivity contribution in [3.63, 3.8) is 0 Å². The molecule has 0 saturated heterocycles. The van der Waals surface area contributed by atoms with Crippen LogP contribution in [0.2, 0.25) is 0 Å². The SMILES string of the molecule is CC(C)NC(=O)c1cncc(NCc2ccncc2)c1. The van der Waals surface area contributed by atoms with Gasteiger partial charge in [0.1, 0.15) is 0 Å². The van der Waals surface area contributed by atoms with Crippen molar-refractivity contribution < 1.29 is 4.79 Å². The number of rotatable bonds is 5. The van der Waals surface area contributed by atoms with Crippen LogP contribution in [-0.2, 0) is 6.54 Å². The average Bonchev–Trinajstić information content (AvgIpc) is 2.46. The van der Waals surface area contributed by atoms with E-state index in [9.17, 15) is 4.79 Å². The van der Waals surface area contributed by atoms with E-state index < -0.39 is 0 Å². The number of nitrogens with zero attached hydrogens (tertiary/aromatic N) is 2. The molecule has 0 aromatic carbocycles. The van der Waals surface area contributed by atoms with Gasteiger partial charge in [-0.15, -0.1) is 0 Å². The summed E-state index contributed by atoms with van der Waals surface area (Å²) in [6.07, 6.45) is 6.77. The molecule has 2 rings (SSSR count). The molecule has 5 nitrogen and oxygen atoms in total. The van der Waals surface area contributed by atoms with Crippen molar-refractivity contribution >= 4 is 11.6 Å². The Labute approximate surface area is 118 Å². The van der Waals surface area contributed by atoms with Crippen molar-refractivity contribution in [2.24, 2.45) is 0 Å². The first-order valence-electron chi connectivity index (χ1n) is 6.54. The third kappa shape index (κ3) is 4.05. The van der Waals surface area contributed by atoms with E-state index in [-0.39, 0.29) is 11.9 Å². The molecule has 0 fully saturated rings. The molecule has 2 heterocycles. The van der Waals surface area contributed by atoms with E-state index in [1.807, 2.05) is 26.0 Å². The zero-order chi connectivity index (χ0) is 14.4. The summed E-state index contributed by atoms with van der Waals surface area (Å²) in [6.45, 7) is 4.52. The highest BCUT2D eigenvalue weighted by Crippen LogP contribution is 2.10. The smallest absolute Gasteiger partial charge is 0.253 e. The summed E-state index contributed by atoms with van der Waals surface area (Å²) in [5, 5.41) is 6.08. The fourth-order valence-electron chi connectivity index (χ4n) is 1.71. The van der Waals surface area contributed by atoms with Gasteiger partial charge in [0.2, 0.25) is 0 Å². The second-order valence-corrected chi connectivity index (χ2v) is 4.80. The average molecular weight is 270 g/mol. The van der Waals surface area contributed by atoms with E-state index in [1.54, 1.807) is 30.9 Å². The Kier molecular flexibility index (Phi) is 4.65. The highest BCUT2D eigenvalue weighted by Gasteiger charge is 2.07. The molecule has 104 valence electrons. The van der Waals surface area contributed by atoms with Crippen molar-refractivity contribution in [3.8, 4) is 0 Å². The topological polar surface area (TPSA) is 66.9 Å². The molecule has 0 radical (unpaired) electrons. The maximum absolute atomic E-state index is 11.9. The molecule has 0 atom stereocenters. The number of hydrogen-bond donors (Lipinski definition) is 2. The first-order chi connectivity index (χ1) is 9.65. The maximum atomic E-state index is 11.9. The predicted octanol–water partition coefficient (Wildman–Crippen LogP) is 2.23. The number of carbonyl (C=O) groups excluding carboxylic acids is 1. The van der Waals surface area contributed by atoms with Crippen molar-refractivity contribution in [3.05, 3.63) is 54.1 Å². The number of pyridine rings is 2. The van der Waals surface area contributed by atoms with Gasteiger partial charge in [-0.3, -0.25) is 14.8 Å². The summed E-state index contributed by atoms with van der Waals surface area (Å²) < 4.78 is 0. The molecule has 2 N–H and O–H groups in total. The summed E-state index contributed by atoms with van der Waals surface area (Å²) in [4.78, 5) is 20.0. The van der Waals surface area contributed by atoms with Gasteiger partial charge < -0.3 is 10.6 Å². The van der Waals surface area contributed by atoms with Gasteiger partial charge in [0.25, 0.3) is 5.91 Å². The van der Waals surface area contributed by atoms with Crippen LogP contribution in [0.3, 0.4) is 0 Å². The van der Waals surface area contributed by atoms with Crippen molar-refractivity contribution in [2.45, 2.75) is 26.4 Å². The molecule has 20 heavy (non-hydrogen) atoms. The lowest BCUT2D eigenvalue weighted by Gasteiger charge is -2.10. The summed E-state index contributed by atoms with van der Waals surface area (Å²) in [5.74, 6) is -0.111. The van der Waals surface area contributed by atoms with Gasteiger partial charge in [-0.25, -0.2) is 0 Å². The van der Waals surface area contributed by atoms with Crippen molar-refractivity contribution in [1.29, 1.82) is 0 Å². The van der Waals surface area contributed by atoms with Crippen LogP contribution < -0.4 is 10.6 Å². The monoisotopic (exact) mass is 270 g/mol. The number of aromatic nitrogens is 2. The van der Waals surface area contributed by atoms with Gasteiger partial charge >= 0.3 is 0 Å². The highest BCUT2D eigenvalue weighted by atomic mass is 16.1. The molecule has 2 aromatic rings. The molecule has 0 aliphatic heterocycles. The Bertz CT molecular complexity index is 569. The van der Waals surface area contributed by atoms with Crippen molar-refractivity contribution in [1.82, 2.24) is 15.3 Å². The second kappa shape index (κ2) is 6.65. The molecule has 0 saturated carbocycles. The van der Waals surface area contributed by atoms with Crippen LogP contribution in [0.1, 0.15) is 29.8 Å². The third-order valence-corrected chi connectivity index (χ3v) is 2.67. The number of nitrogens with one attached hydrogen (secondary N) is 2. The normalized spacial score (nSPS) is 10.3. The van der Waals surface area contributed by atoms with Crippen LogP contribution in [0, 0.1) is 0 Å². The predicted molar refractivity (Wildman–Crippen MR) is 78.4 cm³/mol. The zero-order valence-electron chi connectivity index (χ0n) is 11.6. The molecule has 2 aromatic heterocycles. The fraction of sp³-hybridized carbons (Fsp3) is 0.267. The van der Waals surface area contributed by atoms with Crippen molar-refractivity contribution in [2.75, 3.05) is 5.32 Å². The van der Waals surface area contributed by atoms with Gasteiger partial charge in [0.15, 0.2) is 0 Å². The largest absolute Gasteiger partial charge is 0.380 e. The molecule has 5 heteroatoms. The van der Waals surface area contributed by atoms with Crippen LogP contribution in [0.15, 0.2) is 43.0 Å². The van der Waals surface area contributed by atoms with E-state index in [4.69, 9.17) is 0 Å². The quantitative estimate of drug-likeness (QED) is 0.874. The summed E-state index contributed by atoms with van der Waals surface area (Å²) >= 11 is 0. The van der Waals surface area contributed by atoms with Crippen LogP contribution >= 0.6 is 0 Å². The summed E-state index contributed by atoms with van der Waals surface area (Å²) in [5.41, 5.74) is 2.49. The van der Waals surface area contributed by atoms with Crippen LogP contribution in [-0.4, -0.2) is 21.9 Å². The Hall–Kier alpha value is -2.43. The molecule has 0 aliphatic carbocycles. The number of amides is 1. The van der Waals surface area contributed by atoms with E-state index in [1.165, 1.54) is 0 Å². The first kappa shape index (κ1) is 14.0. The summed E-state index contributed by atoms with van der Waals surface area (Å²) in [6, 6.07) is 5.79. The Morgan fingerprint density at radius 1 is 1.20 bits per heavy atom. The number of carbonyl (C=O) groups is 1. The second-order valence-electron chi connectivity index (χ2n) is 4.80. The lowest BCUT2D eigenvalue weighted by atomic mass is 10.2. The minimum Gasteiger partial charge on any atom is -0.380 e. The lowest BCUT2D eigenvalue weighted by Crippen LogP contribution is -2.30. The minimum absolute atomic E-state index is 0.107. The number of anilines is 1. The standard InChI is InChI=1S/C15H18N4O/c1-11(2)19-15(20)13-7-14(10-17-9-13)18-8-12-3-5-16-6-4-12/h3-7,9-11,18H,8H2,1-2H3,(H,19,20). The molecular weight excluding hydrogens is 252 g/mol. The Morgan fingerprint density at radius 3 is 2.65 bits per heavy atom. The third-order valence-electron chi connectivity index (χ3n) is 2.67. The Morgan fingerprint density at radius 2 is 1.95 bits per heavy atom. The molecular formula is C15H18N4O. The van der Waals surface area contributed by atoms with E-state index >= 15 is 0 Å². The summed E-state index contributed by atoms with van der Waals surface area (Å²) in [7, 11) is 0. The molecule has 0 unspecified atom stereocenters. The van der Waals surface area contributed by atoms with Gasteiger partial charge in [-0.2, -0.15) is 0 Å². The van der Waals surface area contributed by atoms with Gasteiger partial charge in [0, 0.05) is 37.4 Å². The van der Waals surface area contributed by atoms with Gasteiger partial charge in [0.05, 0.1) is 11.3 Å². The van der Waals surface area contributed by atoms with E-state index in [2.05, 4.69) is 20.6 Å². The first-order valence-corrected chi connectivity index (χ1v) is 6.54. The van der Waals surface area contributed by atoms with Crippen LogP contribution in [0.4, 0.5) is 5.69 Å². The van der Waals surface area contributed by atoms with E-state index in [0.29, 0.717) is 12.1 Å². The van der Waals surface area contributed by atoms with Gasteiger partial charge in [-0.05, 0) is 37.6 Å². The lowest BCUT2D eigenvalue weighted by molar-refractivity contribution is 0.0943. The molecule has 0 spiro atoms. The Balaban J connectivity index is 2.01. The fourth-order valence-corrected chi connectivity index (χ4v) is 1.71. The van der Waals surface area contributed by atoms with E-state index in [0.717, 1.165) is 11.3 Å². The molecule has 0 bridgehead atoms. The van der Waals surface area contributed by atoms with Gasteiger partial charge in [-0.1, -0.05) is 0 Å². The number of hydrogen-bond acceptors (Lipinski definition) is 4. The molecule has 1 amide bonds. The maximum Gasteiger partial charge on any atom is 0.253 e. The van der Waals surface area contributed by atoms with Crippen LogP contribution in [0.5, 0.6) is 0 Å². The molecule has 0 aliphatic rings. The minimum atomic E-state index is -0.111. The zero-order valence-corrected chi connectivity index (χ0v) is 11.6. The van der Waals surface area contributed by atoms with Crippen LogP contribution in [0.25, 0.3) is 0 Å².